The molecule has 0 aliphatic heterocycles. The molecule has 32 heavy (non-hydrogen) atoms. The molecule has 0 fully saturated rings. The lowest BCUT2D eigenvalue weighted by atomic mass is 10.0. The molecule has 168 valence electrons. The molecule has 1 N–H and O–H groups in total. The highest BCUT2D eigenvalue weighted by atomic mass is 16.5. The van der Waals surface area contributed by atoms with Crippen LogP contribution in [0, 0.1) is 0 Å². The number of aromatic nitrogens is 1. The van der Waals surface area contributed by atoms with Gasteiger partial charge in [0.1, 0.15) is 5.75 Å². The lowest BCUT2D eigenvalue weighted by Crippen LogP contribution is -2.07. The molecule has 0 saturated heterocycles. The number of nitrogens with zero attached hydrogens (tertiary/aromatic N) is 1. The number of para-hydroxylation sites is 1. The number of benzene rings is 2. The van der Waals surface area contributed by atoms with Gasteiger partial charge in [0.2, 0.25) is 0 Å². The number of carboxylic acid groups (broad SMARTS) is 1. The standard InChI is InChI=1S/C26H29NO5/c1-3-31-24-17-19(16-22-10-4-5-14-27-22)12-13-20(24)9-7-15-32-26-21(18-25(28)29)8-6-11-23(26)30-2/h4-6,8,10-14,17H,3,7,9,15-16,18H2,1-2H3,(H,28,29). The maximum atomic E-state index is 11.2. The van der Waals surface area contributed by atoms with Gasteiger partial charge in [-0.15, -0.1) is 0 Å². The molecular weight excluding hydrogens is 406 g/mol. The summed E-state index contributed by atoms with van der Waals surface area (Å²) in [5, 5.41) is 9.16. The van der Waals surface area contributed by atoms with Crippen LogP contribution in [0.5, 0.6) is 17.2 Å². The summed E-state index contributed by atoms with van der Waals surface area (Å²) >= 11 is 0. The molecule has 6 heteroatoms. The van der Waals surface area contributed by atoms with E-state index in [-0.39, 0.29) is 6.42 Å². The fraction of sp³-hybridized carbons (Fsp3) is 0.308. The summed E-state index contributed by atoms with van der Waals surface area (Å²) in [6, 6.07) is 17.5. The van der Waals surface area contributed by atoms with Gasteiger partial charge in [0, 0.05) is 23.9 Å². The molecule has 3 aromatic rings. The fourth-order valence-corrected chi connectivity index (χ4v) is 3.54. The number of rotatable bonds is 12. The summed E-state index contributed by atoms with van der Waals surface area (Å²) in [5.74, 6) is 1.01. The summed E-state index contributed by atoms with van der Waals surface area (Å²) < 4.78 is 17.2. The van der Waals surface area contributed by atoms with E-state index in [9.17, 15) is 4.79 Å². The Morgan fingerprint density at radius 2 is 1.88 bits per heavy atom. The Morgan fingerprint density at radius 3 is 2.59 bits per heavy atom. The predicted molar refractivity (Wildman–Crippen MR) is 123 cm³/mol. The van der Waals surface area contributed by atoms with Crippen LogP contribution in [-0.2, 0) is 24.1 Å². The highest BCUT2D eigenvalue weighted by Gasteiger charge is 2.14. The van der Waals surface area contributed by atoms with Crippen LogP contribution >= 0.6 is 0 Å². The first kappa shape index (κ1) is 23.1. The molecule has 1 heterocycles. The van der Waals surface area contributed by atoms with Crippen LogP contribution in [-0.4, -0.2) is 36.4 Å². The number of methoxy groups -OCH3 is 1. The van der Waals surface area contributed by atoms with E-state index in [1.807, 2.05) is 25.1 Å². The number of pyridine rings is 1. The molecule has 0 aliphatic carbocycles. The lowest BCUT2D eigenvalue weighted by molar-refractivity contribution is -0.136. The van der Waals surface area contributed by atoms with Crippen LogP contribution in [0.25, 0.3) is 0 Å². The molecule has 0 amide bonds. The van der Waals surface area contributed by atoms with Gasteiger partial charge >= 0.3 is 5.97 Å². The molecule has 0 spiro atoms. The van der Waals surface area contributed by atoms with Gasteiger partial charge in [-0.1, -0.05) is 30.3 Å². The zero-order valence-corrected chi connectivity index (χ0v) is 18.5. The largest absolute Gasteiger partial charge is 0.494 e. The van der Waals surface area contributed by atoms with Crippen LogP contribution in [0.15, 0.2) is 60.8 Å². The number of carboxylic acids is 1. The Hall–Kier alpha value is -3.54. The molecule has 3 rings (SSSR count). The quantitative estimate of drug-likeness (QED) is 0.415. The van der Waals surface area contributed by atoms with Crippen molar-refractivity contribution in [3.05, 3.63) is 83.2 Å². The molecule has 0 aliphatic rings. The molecule has 6 nitrogen and oxygen atoms in total. The van der Waals surface area contributed by atoms with Crippen molar-refractivity contribution in [1.29, 1.82) is 0 Å². The predicted octanol–water partition coefficient (Wildman–Crippen LogP) is 4.72. The van der Waals surface area contributed by atoms with E-state index in [4.69, 9.17) is 19.3 Å². The van der Waals surface area contributed by atoms with Gasteiger partial charge in [-0.3, -0.25) is 9.78 Å². The highest BCUT2D eigenvalue weighted by molar-refractivity contribution is 5.72. The zero-order chi connectivity index (χ0) is 22.8. The van der Waals surface area contributed by atoms with Crippen LogP contribution in [0.4, 0.5) is 0 Å². The Kier molecular flexibility index (Phi) is 8.49. The van der Waals surface area contributed by atoms with Crippen LogP contribution in [0.1, 0.15) is 35.7 Å². The minimum absolute atomic E-state index is 0.112. The third kappa shape index (κ3) is 6.48. The van der Waals surface area contributed by atoms with Gasteiger partial charge in [0.05, 0.1) is 26.7 Å². The summed E-state index contributed by atoms with van der Waals surface area (Å²) in [5.41, 5.74) is 3.89. The summed E-state index contributed by atoms with van der Waals surface area (Å²) in [6.07, 6.45) is 3.98. The summed E-state index contributed by atoms with van der Waals surface area (Å²) in [6.45, 7) is 3.01. The van der Waals surface area contributed by atoms with Crippen molar-refractivity contribution in [2.24, 2.45) is 0 Å². The number of aliphatic carboxylic acids is 1. The first-order valence-corrected chi connectivity index (χ1v) is 10.8. The number of hydrogen-bond donors (Lipinski definition) is 1. The Bertz CT molecular complexity index is 1020. The molecule has 0 atom stereocenters. The van der Waals surface area contributed by atoms with Crippen molar-refractivity contribution >= 4 is 5.97 Å². The minimum Gasteiger partial charge on any atom is -0.494 e. The Morgan fingerprint density at radius 1 is 1.00 bits per heavy atom. The monoisotopic (exact) mass is 435 g/mol. The van der Waals surface area contributed by atoms with Crippen LogP contribution in [0.2, 0.25) is 0 Å². The molecule has 2 aromatic carbocycles. The second-order valence-electron chi connectivity index (χ2n) is 7.34. The average molecular weight is 436 g/mol. The van der Waals surface area contributed by atoms with Gasteiger partial charge in [0.15, 0.2) is 11.5 Å². The van der Waals surface area contributed by atoms with Crippen molar-refractivity contribution < 1.29 is 24.1 Å². The normalized spacial score (nSPS) is 10.6. The maximum absolute atomic E-state index is 11.2. The zero-order valence-electron chi connectivity index (χ0n) is 18.5. The third-order valence-corrected chi connectivity index (χ3v) is 5.00. The highest BCUT2D eigenvalue weighted by Crippen LogP contribution is 2.32. The molecule has 0 saturated carbocycles. The first-order chi connectivity index (χ1) is 15.6. The number of hydrogen-bond acceptors (Lipinski definition) is 5. The second-order valence-corrected chi connectivity index (χ2v) is 7.34. The third-order valence-electron chi connectivity index (χ3n) is 5.00. The topological polar surface area (TPSA) is 77.9 Å². The second kappa shape index (κ2) is 11.7. The Labute approximate surface area is 188 Å². The average Bonchev–Trinajstić information content (AvgIpc) is 2.79. The van der Waals surface area contributed by atoms with Crippen LogP contribution in [0.3, 0.4) is 0 Å². The van der Waals surface area contributed by atoms with Crippen molar-refractivity contribution in [2.45, 2.75) is 32.6 Å². The van der Waals surface area contributed by atoms with Crippen molar-refractivity contribution in [3.8, 4) is 17.2 Å². The van der Waals surface area contributed by atoms with Gasteiger partial charge in [-0.25, -0.2) is 0 Å². The van der Waals surface area contributed by atoms with E-state index in [0.717, 1.165) is 41.8 Å². The summed E-state index contributed by atoms with van der Waals surface area (Å²) in [7, 11) is 1.55. The smallest absolute Gasteiger partial charge is 0.307 e. The molecule has 0 unspecified atom stereocenters. The van der Waals surface area contributed by atoms with E-state index in [1.165, 1.54) is 0 Å². The van der Waals surface area contributed by atoms with E-state index < -0.39 is 5.97 Å². The fourth-order valence-electron chi connectivity index (χ4n) is 3.54. The van der Waals surface area contributed by atoms with E-state index in [2.05, 4.69) is 23.2 Å². The van der Waals surface area contributed by atoms with Crippen molar-refractivity contribution in [1.82, 2.24) is 4.98 Å². The van der Waals surface area contributed by atoms with Crippen molar-refractivity contribution in [2.75, 3.05) is 20.3 Å². The number of carbonyl (C=O) groups is 1. The molecular formula is C26H29NO5. The molecule has 0 bridgehead atoms. The Balaban J connectivity index is 1.64. The SMILES string of the molecule is CCOc1cc(Cc2ccccn2)ccc1CCCOc1c(CC(=O)O)cccc1OC. The van der Waals surface area contributed by atoms with E-state index >= 15 is 0 Å². The van der Waals surface area contributed by atoms with Gasteiger partial charge in [-0.05, 0) is 55.2 Å². The van der Waals surface area contributed by atoms with E-state index in [0.29, 0.717) is 30.3 Å². The maximum Gasteiger partial charge on any atom is 0.307 e. The number of ether oxygens (including phenoxy) is 3. The number of aryl methyl sites for hydroxylation is 1. The summed E-state index contributed by atoms with van der Waals surface area (Å²) in [4.78, 5) is 15.6. The van der Waals surface area contributed by atoms with E-state index in [1.54, 1.807) is 31.5 Å². The molecule has 0 radical (unpaired) electrons. The van der Waals surface area contributed by atoms with Gasteiger partial charge in [-0.2, -0.15) is 0 Å². The first-order valence-electron chi connectivity index (χ1n) is 10.8. The van der Waals surface area contributed by atoms with Gasteiger partial charge < -0.3 is 19.3 Å². The minimum atomic E-state index is -0.907. The lowest BCUT2D eigenvalue weighted by Gasteiger charge is -2.15. The van der Waals surface area contributed by atoms with Gasteiger partial charge in [0.25, 0.3) is 0 Å². The van der Waals surface area contributed by atoms with Crippen molar-refractivity contribution in [3.63, 3.8) is 0 Å². The molecule has 1 aromatic heterocycles. The van der Waals surface area contributed by atoms with Crippen LogP contribution < -0.4 is 14.2 Å².